The lowest BCUT2D eigenvalue weighted by Gasteiger charge is -2.34. The number of piperidine rings is 1. The summed E-state index contributed by atoms with van der Waals surface area (Å²) < 4.78 is 10.2. The van der Waals surface area contributed by atoms with Crippen LogP contribution in [-0.2, 0) is 15.1 Å². The lowest BCUT2D eigenvalue weighted by Crippen LogP contribution is -2.51. The van der Waals surface area contributed by atoms with Crippen molar-refractivity contribution in [2.45, 2.75) is 57.9 Å². The first kappa shape index (κ1) is 17.7. The fourth-order valence-electron chi connectivity index (χ4n) is 3.79. The molecule has 138 valence electrons. The van der Waals surface area contributed by atoms with Gasteiger partial charge < -0.3 is 19.5 Å². The maximum absolute atomic E-state index is 12.9. The molecule has 1 saturated heterocycles. The molecule has 8 nitrogen and oxygen atoms in total. The van der Waals surface area contributed by atoms with Gasteiger partial charge in [-0.1, -0.05) is 18.0 Å². The zero-order chi connectivity index (χ0) is 17.9. The molecule has 1 unspecified atom stereocenters. The van der Waals surface area contributed by atoms with E-state index in [1.54, 1.807) is 18.7 Å². The predicted molar refractivity (Wildman–Crippen MR) is 88.6 cm³/mol. The number of nitrogens with one attached hydrogen (secondary N) is 1. The van der Waals surface area contributed by atoms with Gasteiger partial charge in [-0.2, -0.15) is 4.98 Å². The number of rotatable bonds is 4. The number of aromatic nitrogens is 2. The lowest BCUT2D eigenvalue weighted by atomic mass is 9.92. The van der Waals surface area contributed by atoms with E-state index in [9.17, 15) is 9.59 Å². The zero-order valence-corrected chi connectivity index (χ0v) is 14.9. The number of hydrogen-bond acceptors (Lipinski definition) is 6. The lowest BCUT2D eigenvalue weighted by molar-refractivity contribution is -0.128. The van der Waals surface area contributed by atoms with Crippen LogP contribution in [0.3, 0.4) is 0 Å². The molecule has 1 saturated carbocycles. The molecule has 0 bridgehead atoms. The molecule has 2 aliphatic rings. The molecule has 1 aliphatic heterocycles. The van der Waals surface area contributed by atoms with E-state index in [0.29, 0.717) is 31.4 Å². The summed E-state index contributed by atoms with van der Waals surface area (Å²) >= 11 is 0. The van der Waals surface area contributed by atoms with Gasteiger partial charge in [0.15, 0.2) is 5.82 Å². The summed E-state index contributed by atoms with van der Waals surface area (Å²) in [7, 11) is 0. The molecule has 0 radical (unpaired) electrons. The average molecular weight is 350 g/mol. The predicted octanol–water partition coefficient (Wildman–Crippen LogP) is 2.13. The first-order valence-electron chi connectivity index (χ1n) is 9.08. The van der Waals surface area contributed by atoms with Crippen LogP contribution in [0.2, 0.25) is 0 Å². The summed E-state index contributed by atoms with van der Waals surface area (Å²) in [5.74, 6) is 0.789. The van der Waals surface area contributed by atoms with Crippen molar-refractivity contribution in [2.24, 2.45) is 5.92 Å². The SMILES string of the molecule is CCOC(=O)N1CCCC(C(=O)NC2(c3noc(C)n3)CCCC2)C1. The Hall–Kier alpha value is -2.12. The Morgan fingerprint density at radius 1 is 1.36 bits per heavy atom. The summed E-state index contributed by atoms with van der Waals surface area (Å²) in [6.45, 7) is 4.90. The highest BCUT2D eigenvalue weighted by Crippen LogP contribution is 2.37. The van der Waals surface area contributed by atoms with Crippen molar-refractivity contribution in [1.82, 2.24) is 20.4 Å². The van der Waals surface area contributed by atoms with Gasteiger partial charge in [0, 0.05) is 20.0 Å². The quantitative estimate of drug-likeness (QED) is 0.893. The molecular weight excluding hydrogens is 324 g/mol. The number of carbonyl (C=O) groups excluding carboxylic acids is 2. The van der Waals surface area contributed by atoms with Crippen molar-refractivity contribution in [3.63, 3.8) is 0 Å². The summed E-state index contributed by atoms with van der Waals surface area (Å²) in [4.78, 5) is 30.8. The Morgan fingerprint density at radius 2 is 2.12 bits per heavy atom. The Morgan fingerprint density at radius 3 is 2.76 bits per heavy atom. The van der Waals surface area contributed by atoms with E-state index in [1.807, 2.05) is 0 Å². The fourth-order valence-corrected chi connectivity index (χ4v) is 3.79. The summed E-state index contributed by atoms with van der Waals surface area (Å²) in [5, 5.41) is 7.23. The molecule has 1 N–H and O–H groups in total. The third-order valence-electron chi connectivity index (χ3n) is 5.09. The summed E-state index contributed by atoms with van der Waals surface area (Å²) in [5.41, 5.74) is -0.541. The minimum Gasteiger partial charge on any atom is -0.450 e. The number of amides is 2. The van der Waals surface area contributed by atoms with Crippen molar-refractivity contribution >= 4 is 12.0 Å². The Labute approximate surface area is 147 Å². The summed E-state index contributed by atoms with van der Waals surface area (Å²) in [6, 6.07) is 0. The first-order chi connectivity index (χ1) is 12.0. The number of carbonyl (C=O) groups is 2. The van der Waals surface area contributed by atoms with Crippen LogP contribution in [0.25, 0.3) is 0 Å². The van der Waals surface area contributed by atoms with Gasteiger partial charge in [0.2, 0.25) is 11.8 Å². The summed E-state index contributed by atoms with van der Waals surface area (Å²) in [6.07, 6.45) is 4.89. The molecule has 1 atom stereocenters. The fraction of sp³-hybridized carbons (Fsp3) is 0.765. The van der Waals surface area contributed by atoms with E-state index in [1.165, 1.54) is 0 Å². The van der Waals surface area contributed by atoms with Crippen molar-refractivity contribution in [2.75, 3.05) is 19.7 Å². The zero-order valence-electron chi connectivity index (χ0n) is 14.9. The second kappa shape index (κ2) is 7.41. The highest BCUT2D eigenvalue weighted by Gasteiger charge is 2.43. The van der Waals surface area contributed by atoms with E-state index in [-0.39, 0.29) is 17.9 Å². The van der Waals surface area contributed by atoms with Crippen LogP contribution in [0.1, 0.15) is 57.2 Å². The van der Waals surface area contributed by atoms with E-state index in [4.69, 9.17) is 9.26 Å². The van der Waals surface area contributed by atoms with Crippen molar-refractivity contribution < 1.29 is 18.8 Å². The van der Waals surface area contributed by atoms with Crippen LogP contribution in [0.15, 0.2) is 4.52 Å². The topological polar surface area (TPSA) is 97.6 Å². The minimum absolute atomic E-state index is 0.0432. The van der Waals surface area contributed by atoms with Crippen molar-refractivity contribution in [3.05, 3.63) is 11.7 Å². The molecule has 2 amide bonds. The maximum atomic E-state index is 12.9. The molecule has 3 rings (SSSR count). The van der Waals surface area contributed by atoms with E-state index >= 15 is 0 Å². The third-order valence-corrected chi connectivity index (χ3v) is 5.09. The number of aryl methyl sites for hydroxylation is 1. The van der Waals surface area contributed by atoms with Gasteiger partial charge in [0.1, 0.15) is 5.54 Å². The highest BCUT2D eigenvalue weighted by molar-refractivity contribution is 5.80. The number of likely N-dealkylation sites (tertiary alicyclic amines) is 1. The van der Waals surface area contributed by atoms with Crippen LogP contribution in [0.5, 0.6) is 0 Å². The molecule has 2 heterocycles. The molecule has 1 aliphatic carbocycles. The van der Waals surface area contributed by atoms with Crippen molar-refractivity contribution in [1.29, 1.82) is 0 Å². The molecule has 1 aromatic rings. The van der Waals surface area contributed by atoms with Gasteiger partial charge in [-0.25, -0.2) is 4.79 Å². The molecule has 0 spiro atoms. The van der Waals surface area contributed by atoms with E-state index < -0.39 is 5.54 Å². The second-order valence-electron chi connectivity index (χ2n) is 6.90. The largest absolute Gasteiger partial charge is 0.450 e. The number of hydrogen-bond donors (Lipinski definition) is 1. The second-order valence-corrected chi connectivity index (χ2v) is 6.90. The first-order valence-corrected chi connectivity index (χ1v) is 9.08. The minimum atomic E-state index is -0.541. The van der Waals surface area contributed by atoms with Gasteiger partial charge in [-0.05, 0) is 32.6 Å². The van der Waals surface area contributed by atoms with E-state index in [0.717, 1.165) is 38.5 Å². The molecular formula is C17H26N4O4. The van der Waals surface area contributed by atoms with Gasteiger partial charge in [-0.3, -0.25) is 4.79 Å². The normalized spacial score (nSPS) is 22.6. The average Bonchev–Trinajstić information content (AvgIpc) is 3.25. The molecule has 2 fully saturated rings. The highest BCUT2D eigenvalue weighted by atomic mass is 16.6. The van der Waals surface area contributed by atoms with Crippen LogP contribution in [0.4, 0.5) is 4.79 Å². The number of ether oxygens (including phenoxy) is 1. The van der Waals surface area contributed by atoms with Crippen LogP contribution in [0, 0.1) is 12.8 Å². The van der Waals surface area contributed by atoms with Crippen LogP contribution in [-0.4, -0.2) is 46.7 Å². The monoisotopic (exact) mass is 350 g/mol. The molecule has 0 aromatic carbocycles. The molecule has 1 aromatic heterocycles. The number of nitrogens with zero attached hydrogens (tertiary/aromatic N) is 3. The molecule has 25 heavy (non-hydrogen) atoms. The Kier molecular flexibility index (Phi) is 5.24. The van der Waals surface area contributed by atoms with E-state index in [2.05, 4.69) is 15.5 Å². The standard InChI is InChI=1S/C17H26N4O4/c1-3-24-16(23)21-10-6-7-13(11-21)14(22)19-17(8-4-5-9-17)15-18-12(2)25-20-15/h13H,3-11H2,1-2H3,(H,19,22). The molecule has 8 heteroatoms. The van der Waals surface area contributed by atoms with Crippen LogP contribution >= 0.6 is 0 Å². The Bertz CT molecular complexity index is 624. The third kappa shape index (κ3) is 3.77. The van der Waals surface area contributed by atoms with Gasteiger partial charge in [0.25, 0.3) is 0 Å². The smallest absolute Gasteiger partial charge is 0.409 e. The van der Waals surface area contributed by atoms with Crippen LogP contribution < -0.4 is 5.32 Å². The van der Waals surface area contributed by atoms with Gasteiger partial charge >= 0.3 is 6.09 Å². The van der Waals surface area contributed by atoms with Gasteiger partial charge in [0.05, 0.1) is 12.5 Å². The Balaban J connectivity index is 1.68. The van der Waals surface area contributed by atoms with Crippen molar-refractivity contribution in [3.8, 4) is 0 Å². The maximum Gasteiger partial charge on any atom is 0.409 e. The van der Waals surface area contributed by atoms with Gasteiger partial charge in [-0.15, -0.1) is 0 Å².